The van der Waals surface area contributed by atoms with Crippen LogP contribution in [-0.2, 0) is 4.74 Å². The van der Waals surface area contributed by atoms with Crippen LogP contribution in [0.4, 0.5) is 0 Å². The Morgan fingerprint density at radius 1 is 1.19 bits per heavy atom. The molecule has 1 aromatic carbocycles. The van der Waals surface area contributed by atoms with E-state index in [1.165, 1.54) is 0 Å². The summed E-state index contributed by atoms with van der Waals surface area (Å²) in [6, 6.07) is 5.54. The Balaban J connectivity index is 2.49. The Morgan fingerprint density at radius 2 is 2.00 bits per heavy atom. The van der Waals surface area contributed by atoms with Gasteiger partial charge in [0.05, 0.1) is 25.2 Å². The molecule has 0 fully saturated rings. The van der Waals surface area contributed by atoms with Gasteiger partial charge < -0.3 is 14.2 Å². The van der Waals surface area contributed by atoms with Crippen LogP contribution in [0, 0.1) is 17.8 Å². The minimum absolute atomic E-state index is 0.287. The molecule has 1 rings (SSSR count). The maximum atomic E-state index is 5.71. The standard InChI is InChI=1S/C17H23ClO3/c1-14(2)8-10-20-11-12-21-17-7-6-16(19-3)13-15(17)5-4-9-18/h6-7,13-14H,8-12H2,1-3H3. The van der Waals surface area contributed by atoms with Crippen molar-refractivity contribution in [3.8, 4) is 23.3 Å². The molecular weight excluding hydrogens is 288 g/mol. The van der Waals surface area contributed by atoms with Crippen LogP contribution in [-0.4, -0.2) is 32.8 Å². The molecule has 0 bridgehead atoms. The number of halogens is 1. The second-order valence-corrected chi connectivity index (χ2v) is 5.21. The highest BCUT2D eigenvalue weighted by atomic mass is 35.5. The zero-order chi connectivity index (χ0) is 15.5. The van der Waals surface area contributed by atoms with Crippen LogP contribution in [0.25, 0.3) is 0 Å². The summed E-state index contributed by atoms with van der Waals surface area (Å²) in [5.74, 6) is 8.22. The summed E-state index contributed by atoms with van der Waals surface area (Å²) in [7, 11) is 1.62. The van der Waals surface area contributed by atoms with E-state index in [9.17, 15) is 0 Å². The summed E-state index contributed by atoms with van der Waals surface area (Å²) in [6.45, 7) is 6.20. The fraction of sp³-hybridized carbons (Fsp3) is 0.529. The molecule has 0 aliphatic heterocycles. The van der Waals surface area contributed by atoms with Gasteiger partial charge in [-0.25, -0.2) is 0 Å². The number of alkyl halides is 1. The van der Waals surface area contributed by atoms with E-state index in [-0.39, 0.29) is 5.88 Å². The molecule has 0 spiro atoms. The van der Waals surface area contributed by atoms with Crippen molar-refractivity contribution in [3.63, 3.8) is 0 Å². The van der Waals surface area contributed by atoms with Crippen molar-refractivity contribution in [2.45, 2.75) is 20.3 Å². The van der Waals surface area contributed by atoms with E-state index < -0.39 is 0 Å². The SMILES string of the molecule is COc1ccc(OCCOCCC(C)C)c(C#CCCl)c1. The molecule has 116 valence electrons. The van der Waals surface area contributed by atoms with Gasteiger partial charge in [0.25, 0.3) is 0 Å². The first-order chi connectivity index (χ1) is 10.2. The lowest BCUT2D eigenvalue weighted by Crippen LogP contribution is -2.09. The first-order valence-corrected chi connectivity index (χ1v) is 7.64. The molecule has 0 heterocycles. The minimum Gasteiger partial charge on any atom is -0.497 e. The molecule has 4 heteroatoms. The van der Waals surface area contributed by atoms with Crippen LogP contribution >= 0.6 is 11.6 Å². The molecular formula is C17H23ClO3. The first-order valence-electron chi connectivity index (χ1n) is 7.10. The Hall–Kier alpha value is -1.37. The Morgan fingerprint density at radius 3 is 2.67 bits per heavy atom. The molecule has 0 radical (unpaired) electrons. The van der Waals surface area contributed by atoms with Crippen molar-refractivity contribution in [2.75, 3.05) is 32.8 Å². The average molecular weight is 311 g/mol. The lowest BCUT2D eigenvalue weighted by atomic mass is 10.1. The van der Waals surface area contributed by atoms with Gasteiger partial charge in [-0.05, 0) is 30.5 Å². The zero-order valence-electron chi connectivity index (χ0n) is 12.9. The Kier molecular flexibility index (Phi) is 8.73. The number of ether oxygens (including phenoxy) is 3. The molecule has 0 aliphatic carbocycles. The van der Waals surface area contributed by atoms with Gasteiger partial charge in [0.1, 0.15) is 18.1 Å². The van der Waals surface area contributed by atoms with Crippen LogP contribution in [0.2, 0.25) is 0 Å². The van der Waals surface area contributed by atoms with E-state index >= 15 is 0 Å². The Bertz CT molecular complexity index is 475. The largest absolute Gasteiger partial charge is 0.497 e. The summed E-state index contributed by atoms with van der Waals surface area (Å²) in [6.07, 6.45) is 1.06. The van der Waals surface area contributed by atoms with E-state index in [1.54, 1.807) is 7.11 Å². The molecule has 21 heavy (non-hydrogen) atoms. The summed E-state index contributed by atoms with van der Waals surface area (Å²) in [5, 5.41) is 0. The van der Waals surface area contributed by atoms with Crippen LogP contribution in [0.5, 0.6) is 11.5 Å². The monoisotopic (exact) mass is 310 g/mol. The van der Waals surface area contributed by atoms with E-state index in [2.05, 4.69) is 25.7 Å². The van der Waals surface area contributed by atoms with Crippen LogP contribution in [0.3, 0.4) is 0 Å². The predicted octanol–water partition coefficient (Wildman–Crippen LogP) is 3.73. The first kappa shape index (κ1) is 17.7. The van der Waals surface area contributed by atoms with E-state index in [1.807, 2.05) is 18.2 Å². The van der Waals surface area contributed by atoms with Crippen molar-refractivity contribution < 1.29 is 14.2 Å². The van der Waals surface area contributed by atoms with Gasteiger partial charge in [-0.2, -0.15) is 0 Å². The second-order valence-electron chi connectivity index (χ2n) is 4.94. The summed E-state index contributed by atoms with van der Waals surface area (Å²) in [5.41, 5.74) is 0.775. The molecule has 0 aliphatic rings. The highest BCUT2D eigenvalue weighted by molar-refractivity contribution is 6.19. The molecule has 0 saturated carbocycles. The van der Waals surface area contributed by atoms with Gasteiger partial charge >= 0.3 is 0 Å². The molecule has 0 amide bonds. The molecule has 0 N–H and O–H groups in total. The van der Waals surface area contributed by atoms with Crippen molar-refractivity contribution in [1.29, 1.82) is 0 Å². The summed E-state index contributed by atoms with van der Waals surface area (Å²) in [4.78, 5) is 0. The van der Waals surface area contributed by atoms with Gasteiger partial charge in [-0.1, -0.05) is 25.7 Å². The van der Waals surface area contributed by atoms with E-state index in [0.29, 0.717) is 19.1 Å². The highest BCUT2D eigenvalue weighted by Crippen LogP contribution is 2.23. The zero-order valence-corrected chi connectivity index (χ0v) is 13.7. The van der Waals surface area contributed by atoms with Gasteiger partial charge in [0, 0.05) is 6.61 Å². The number of hydrogen-bond acceptors (Lipinski definition) is 3. The highest BCUT2D eigenvalue weighted by Gasteiger charge is 2.04. The quantitative estimate of drug-likeness (QED) is 0.416. The molecule has 0 atom stereocenters. The maximum absolute atomic E-state index is 5.71. The van der Waals surface area contributed by atoms with Crippen molar-refractivity contribution in [1.82, 2.24) is 0 Å². The predicted molar refractivity (Wildman–Crippen MR) is 86.4 cm³/mol. The lowest BCUT2D eigenvalue weighted by Gasteiger charge is -2.10. The van der Waals surface area contributed by atoms with Crippen molar-refractivity contribution in [3.05, 3.63) is 23.8 Å². The molecule has 0 unspecified atom stereocenters. The summed E-state index contributed by atoms with van der Waals surface area (Å²) < 4.78 is 16.4. The van der Waals surface area contributed by atoms with Crippen molar-refractivity contribution in [2.24, 2.45) is 5.92 Å². The fourth-order valence-corrected chi connectivity index (χ4v) is 1.69. The number of rotatable bonds is 8. The van der Waals surface area contributed by atoms with Crippen molar-refractivity contribution >= 4 is 11.6 Å². The van der Waals surface area contributed by atoms with Gasteiger partial charge in [0.2, 0.25) is 0 Å². The second kappa shape index (κ2) is 10.4. The summed E-state index contributed by atoms with van der Waals surface area (Å²) >= 11 is 5.60. The number of hydrogen-bond donors (Lipinski definition) is 0. The molecule has 0 saturated heterocycles. The number of benzene rings is 1. The normalized spacial score (nSPS) is 10.1. The topological polar surface area (TPSA) is 27.7 Å². The molecule has 0 aromatic heterocycles. The Labute approximate surface area is 132 Å². The fourth-order valence-electron chi connectivity index (χ4n) is 1.62. The third kappa shape index (κ3) is 7.27. The van der Waals surface area contributed by atoms with Gasteiger partial charge in [-0.15, -0.1) is 11.6 Å². The van der Waals surface area contributed by atoms with Gasteiger partial charge in [-0.3, -0.25) is 0 Å². The van der Waals surface area contributed by atoms with E-state index in [0.717, 1.165) is 30.1 Å². The smallest absolute Gasteiger partial charge is 0.135 e. The number of methoxy groups -OCH3 is 1. The molecule has 1 aromatic rings. The minimum atomic E-state index is 0.287. The van der Waals surface area contributed by atoms with Gasteiger partial charge in [0.15, 0.2) is 0 Å². The average Bonchev–Trinajstić information content (AvgIpc) is 2.48. The van der Waals surface area contributed by atoms with Crippen LogP contribution < -0.4 is 9.47 Å². The van der Waals surface area contributed by atoms with Crippen LogP contribution in [0.1, 0.15) is 25.8 Å². The third-order valence-corrected chi connectivity index (χ3v) is 2.94. The maximum Gasteiger partial charge on any atom is 0.135 e. The third-order valence-electron chi connectivity index (χ3n) is 2.80. The van der Waals surface area contributed by atoms with E-state index in [4.69, 9.17) is 25.8 Å². The molecule has 3 nitrogen and oxygen atoms in total. The lowest BCUT2D eigenvalue weighted by molar-refractivity contribution is 0.0925. The van der Waals surface area contributed by atoms with Crippen LogP contribution in [0.15, 0.2) is 18.2 Å².